The molecule has 5 atom stereocenters. The first-order valence-electron chi connectivity index (χ1n) is 9.50. The number of amides is 3. The van der Waals surface area contributed by atoms with Crippen molar-refractivity contribution >= 4 is 23.6 Å². The monoisotopic (exact) mass is 475 g/mol. The first-order chi connectivity index (χ1) is 15.2. The average molecular weight is 475 g/mol. The summed E-state index contributed by atoms with van der Waals surface area (Å²) >= 11 is 0. The van der Waals surface area contributed by atoms with Crippen molar-refractivity contribution < 1.29 is 78.6 Å². The molecule has 0 aromatic heterocycles. The van der Waals surface area contributed by atoms with E-state index in [1.54, 1.807) is 12.1 Å². The van der Waals surface area contributed by atoms with Crippen molar-refractivity contribution in [3.63, 3.8) is 0 Å². The molecule has 0 fully saturated rings. The molecule has 0 unspecified atom stereocenters. The number of carbonyl (C=O) groups is 3. The number of rotatable bonds is 7. The molecule has 2 aliphatic rings. The molecule has 2 heterocycles. The van der Waals surface area contributed by atoms with Gasteiger partial charge in [0.25, 0.3) is 0 Å². The van der Waals surface area contributed by atoms with E-state index < -0.39 is 60.7 Å². The van der Waals surface area contributed by atoms with E-state index in [9.17, 15) is 29.7 Å². The minimum absolute atomic E-state index is 0. The Balaban J connectivity index is 0.00000385. The number of aliphatic hydroxyl groups is 3. The number of aliphatic carboxylic acids is 1. The SMILES string of the molecule is CC(=O)N[C@H]1[C@H]([C@H](O)[C@H](O)CO)OC(C(=O)[O-])=C[C@@H]1NC(=O)Nc1ccc2c(c1)OCO2.[Na+]. The van der Waals surface area contributed by atoms with Crippen LogP contribution in [0.15, 0.2) is 30.0 Å². The number of urea groups is 1. The molecule has 6 N–H and O–H groups in total. The van der Waals surface area contributed by atoms with Crippen molar-refractivity contribution in [3.8, 4) is 11.5 Å². The maximum absolute atomic E-state index is 12.6. The van der Waals surface area contributed by atoms with Crippen LogP contribution < -0.4 is 60.1 Å². The molecule has 14 heteroatoms. The van der Waals surface area contributed by atoms with Gasteiger partial charge in [0.1, 0.15) is 30.0 Å². The molecule has 0 bridgehead atoms. The maximum Gasteiger partial charge on any atom is 1.00 e. The summed E-state index contributed by atoms with van der Waals surface area (Å²) in [5.74, 6) is -2.13. The molecule has 0 saturated heterocycles. The van der Waals surface area contributed by atoms with Crippen LogP contribution in [-0.2, 0) is 14.3 Å². The quantitative estimate of drug-likeness (QED) is 0.207. The minimum Gasteiger partial charge on any atom is -0.542 e. The Morgan fingerprint density at radius 1 is 1.18 bits per heavy atom. The number of carboxylic acid groups (broad SMARTS) is 1. The van der Waals surface area contributed by atoms with Crippen molar-refractivity contribution in [3.05, 3.63) is 30.0 Å². The van der Waals surface area contributed by atoms with E-state index in [-0.39, 0.29) is 36.4 Å². The zero-order valence-electron chi connectivity index (χ0n) is 17.8. The molecule has 0 aliphatic carbocycles. The van der Waals surface area contributed by atoms with Gasteiger partial charge in [-0.3, -0.25) is 4.79 Å². The second-order valence-corrected chi connectivity index (χ2v) is 7.06. The van der Waals surface area contributed by atoms with Crippen LogP contribution in [0.2, 0.25) is 0 Å². The van der Waals surface area contributed by atoms with Gasteiger partial charge in [0.2, 0.25) is 12.7 Å². The number of benzene rings is 1. The number of carboxylic acids is 1. The molecule has 174 valence electrons. The van der Waals surface area contributed by atoms with E-state index in [4.69, 9.17) is 19.3 Å². The van der Waals surface area contributed by atoms with E-state index in [1.807, 2.05) is 0 Å². The van der Waals surface area contributed by atoms with Crippen molar-refractivity contribution in [2.24, 2.45) is 0 Å². The topological polar surface area (TPSA) is 199 Å². The van der Waals surface area contributed by atoms with Gasteiger partial charge >= 0.3 is 35.6 Å². The van der Waals surface area contributed by atoms with Gasteiger partial charge in [-0.15, -0.1) is 0 Å². The first kappa shape index (κ1) is 26.7. The predicted molar refractivity (Wildman–Crippen MR) is 103 cm³/mol. The third-order valence-corrected chi connectivity index (χ3v) is 4.75. The van der Waals surface area contributed by atoms with Gasteiger partial charge < -0.3 is 55.4 Å². The van der Waals surface area contributed by atoms with Crippen LogP contribution >= 0.6 is 0 Å². The molecule has 1 aromatic rings. The third kappa shape index (κ3) is 6.50. The average Bonchev–Trinajstić information content (AvgIpc) is 3.21. The smallest absolute Gasteiger partial charge is 0.542 e. The minimum atomic E-state index is -1.80. The van der Waals surface area contributed by atoms with Crippen LogP contribution in [-0.4, -0.2) is 77.0 Å². The normalized spacial score (nSPS) is 22.5. The van der Waals surface area contributed by atoms with Gasteiger partial charge in [-0.1, -0.05) is 0 Å². The number of hydrogen-bond donors (Lipinski definition) is 6. The fraction of sp³-hybridized carbons (Fsp3) is 0.421. The van der Waals surface area contributed by atoms with Gasteiger partial charge in [0, 0.05) is 18.7 Å². The number of nitrogens with one attached hydrogen (secondary N) is 3. The fourth-order valence-electron chi connectivity index (χ4n) is 3.29. The second-order valence-electron chi connectivity index (χ2n) is 7.06. The number of carbonyl (C=O) groups excluding carboxylic acids is 3. The number of anilines is 1. The van der Waals surface area contributed by atoms with Crippen molar-refractivity contribution in [2.75, 3.05) is 18.7 Å². The van der Waals surface area contributed by atoms with Crippen LogP contribution in [0.1, 0.15) is 6.92 Å². The van der Waals surface area contributed by atoms with Crippen LogP contribution in [0.4, 0.5) is 10.5 Å². The molecule has 0 radical (unpaired) electrons. The molecule has 13 nitrogen and oxygen atoms in total. The van der Waals surface area contributed by atoms with Crippen molar-refractivity contribution in [1.82, 2.24) is 10.6 Å². The van der Waals surface area contributed by atoms with Gasteiger partial charge in [-0.05, 0) is 18.2 Å². The Morgan fingerprint density at radius 3 is 2.52 bits per heavy atom. The summed E-state index contributed by atoms with van der Waals surface area (Å²) in [6.45, 7) is 0.347. The predicted octanol–water partition coefficient (Wildman–Crippen LogP) is -5.84. The molecular weight excluding hydrogens is 453 g/mol. The van der Waals surface area contributed by atoms with Crippen LogP contribution in [0, 0.1) is 0 Å². The molecule has 2 aliphatic heterocycles. The maximum atomic E-state index is 12.6. The molecule has 3 rings (SSSR count). The molecule has 1 aromatic carbocycles. The molecule has 33 heavy (non-hydrogen) atoms. The summed E-state index contributed by atoms with van der Waals surface area (Å²) in [7, 11) is 0. The standard InChI is InChI=1S/C19H23N3O10.Na/c1-8(24)20-15-10(5-14(18(27)28)32-17(15)16(26)11(25)6-23)22-19(29)21-9-2-3-12-13(4-9)31-7-30-12;/h2-5,10-11,15-17,23,25-26H,6-7H2,1H3,(H,20,24)(H,27,28)(H2,21,22,29);/q;+1/p-1/t10-,11+,15+,16+,17+;/m0./s1. The zero-order valence-corrected chi connectivity index (χ0v) is 19.8. The second kappa shape index (κ2) is 11.5. The Labute approximate surface area is 210 Å². The van der Waals surface area contributed by atoms with Gasteiger partial charge in [0.05, 0.1) is 18.7 Å². The Hall–Kier alpha value is -2.55. The molecule has 0 saturated carbocycles. The Kier molecular flexibility index (Phi) is 9.34. The summed E-state index contributed by atoms with van der Waals surface area (Å²) in [6, 6.07) is 1.48. The van der Waals surface area contributed by atoms with E-state index in [2.05, 4.69) is 16.0 Å². The summed E-state index contributed by atoms with van der Waals surface area (Å²) in [4.78, 5) is 35.6. The van der Waals surface area contributed by atoms with Gasteiger partial charge in [-0.2, -0.15) is 0 Å². The van der Waals surface area contributed by atoms with Crippen molar-refractivity contribution in [2.45, 2.75) is 37.3 Å². The summed E-state index contributed by atoms with van der Waals surface area (Å²) in [5, 5.41) is 48.1. The molecule has 3 amide bonds. The van der Waals surface area contributed by atoms with Gasteiger partial charge in [0.15, 0.2) is 11.5 Å². The van der Waals surface area contributed by atoms with E-state index in [0.29, 0.717) is 17.2 Å². The Morgan fingerprint density at radius 2 is 1.88 bits per heavy atom. The number of aliphatic hydroxyl groups excluding tert-OH is 3. The largest absolute Gasteiger partial charge is 1.00 e. The van der Waals surface area contributed by atoms with Gasteiger partial charge in [-0.25, -0.2) is 4.79 Å². The van der Waals surface area contributed by atoms with E-state index >= 15 is 0 Å². The number of hydrogen-bond acceptors (Lipinski definition) is 10. The molecule has 0 spiro atoms. The van der Waals surface area contributed by atoms with Crippen LogP contribution in [0.3, 0.4) is 0 Å². The summed E-state index contributed by atoms with van der Waals surface area (Å²) in [5.41, 5.74) is 0.339. The first-order valence-corrected chi connectivity index (χ1v) is 9.50. The van der Waals surface area contributed by atoms with Crippen LogP contribution in [0.25, 0.3) is 0 Å². The van der Waals surface area contributed by atoms with E-state index in [1.165, 1.54) is 6.07 Å². The summed E-state index contributed by atoms with van der Waals surface area (Å²) in [6.07, 6.45) is -4.06. The van der Waals surface area contributed by atoms with E-state index in [0.717, 1.165) is 13.0 Å². The fourth-order valence-corrected chi connectivity index (χ4v) is 3.29. The van der Waals surface area contributed by atoms with Crippen molar-refractivity contribution in [1.29, 1.82) is 0 Å². The third-order valence-electron chi connectivity index (χ3n) is 4.75. The Bertz CT molecular complexity index is 927. The van der Waals surface area contributed by atoms with Crippen LogP contribution in [0.5, 0.6) is 11.5 Å². The summed E-state index contributed by atoms with van der Waals surface area (Å²) < 4.78 is 15.6. The number of fused-ring (bicyclic) bond motifs is 1. The number of ether oxygens (including phenoxy) is 3. The zero-order chi connectivity index (χ0) is 23.4. The molecular formula is C19H22N3NaO10.